The topological polar surface area (TPSA) is 61.5 Å². The van der Waals surface area contributed by atoms with Gasteiger partial charge in [0.25, 0.3) is 5.91 Å². The lowest BCUT2D eigenvalue weighted by atomic mass is 10.1. The first-order valence-corrected chi connectivity index (χ1v) is 10.2. The molecule has 0 saturated carbocycles. The van der Waals surface area contributed by atoms with Crippen molar-refractivity contribution in [3.63, 3.8) is 0 Å². The van der Waals surface area contributed by atoms with Gasteiger partial charge in [-0.3, -0.25) is 14.8 Å². The number of amides is 1. The first kappa shape index (κ1) is 21.9. The van der Waals surface area contributed by atoms with Gasteiger partial charge in [0.05, 0.1) is 18.4 Å². The van der Waals surface area contributed by atoms with Gasteiger partial charge >= 0.3 is 6.18 Å². The second-order valence-corrected chi connectivity index (χ2v) is 7.66. The molecule has 1 saturated heterocycles. The molecular formula is C23H23F3N4O2. The molecule has 0 atom stereocenters. The molecule has 9 heteroatoms. The van der Waals surface area contributed by atoms with Crippen molar-refractivity contribution in [3.05, 3.63) is 71.4 Å². The van der Waals surface area contributed by atoms with Crippen LogP contribution in [0.5, 0.6) is 5.75 Å². The fourth-order valence-electron chi connectivity index (χ4n) is 3.72. The van der Waals surface area contributed by atoms with Gasteiger partial charge in [0.1, 0.15) is 11.4 Å². The maximum absolute atomic E-state index is 12.9. The highest BCUT2D eigenvalue weighted by molar-refractivity contribution is 5.93. The van der Waals surface area contributed by atoms with Gasteiger partial charge in [0.2, 0.25) is 0 Å². The van der Waals surface area contributed by atoms with Crippen LogP contribution in [0.15, 0.2) is 54.6 Å². The molecular weight excluding hydrogens is 421 g/mol. The molecule has 1 amide bonds. The number of H-pyrrole nitrogens is 1. The number of rotatable bonds is 5. The van der Waals surface area contributed by atoms with E-state index in [1.165, 1.54) is 12.1 Å². The number of methoxy groups -OCH3 is 1. The summed E-state index contributed by atoms with van der Waals surface area (Å²) in [4.78, 5) is 16.6. The first-order valence-electron chi connectivity index (χ1n) is 10.2. The third kappa shape index (κ3) is 4.94. The molecule has 1 N–H and O–H groups in total. The molecule has 32 heavy (non-hydrogen) atoms. The van der Waals surface area contributed by atoms with Gasteiger partial charge in [0, 0.05) is 38.3 Å². The zero-order valence-corrected chi connectivity index (χ0v) is 17.5. The maximum Gasteiger partial charge on any atom is 0.416 e. The van der Waals surface area contributed by atoms with Gasteiger partial charge in [-0.15, -0.1) is 0 Å². The Morgan fingerprint density at radius 2 is 1.78 bits per heavy atom. The Hall–Kier alpha value is -3.33. The molecule has 0 unspecified atom stereocenters. The Kier molecular flexibility index (Phi) is 6.18. The summed E-state index contributed by atoms with van der Waals surface area (Å²) in [6.45, 7) is 2.57. The number of alkyl halides is 3. The average Bonchev–Trinajstić information content (AvgIpc) is 3.29. The van der Waals surface area contributed by atoms with Crippen LogP contribution in [0.1, 0.15) is 21.6 Å². The summed E-state index contributed by atoms with van der Waals surface area (Å²) in [7, 11) is 1.60. The van der Waals surface area contributed by atoms with Crippen LogP contribution < -0.4 is 4.74 Å². The molecule has 1 aliphatic heterocycles. The van der Waals surface area contributed by atoms with Crippen molar-refractivity contribution in [2.45, 2.75) is 12.7 Å². The summed E-state index contributed by atoms with van der Waals surface area (Å²) in [5, 5.41) is 7.05. The predicted molar refractivity (Wildman–Crippen MR) is 113 cm³/mol. The lowest BCUT2D eigenvalue weighted by Crippen LogP contribution is -2.48. The molecule has 3 aromatic rings. The predicted octanol–water partition coefficient (Wildman–Crippen LogP) is 4.06. The maximum atomic E-state index is 12.9. The third-order valence-electron chi connectivity index (χ3n) is 5.51. The number of aromatic nitrogens is 2. The van der Waals surface area contributed by atoms with Crippen molar-refractivity contribution in [3.8, 4) is 17.0 Å². The molecule has 4 rings (SSSR count). The Balaban J connectivity index is 1.34. The standard InChI is InChI=1S/C23H23F3N4O2/c1-32-19-7-5-17(6-8-19)20-14-21(28-27-20)22(31)30-11-9-29(10-12-30)15-16-3-2-4-18(13-16)23(24,25)26/h2-8,13-14H,9-12,15H2,1H3,(H,27,28). The number of hydrogen-bond acceptors (Lipinski definition) is 4. The normalized spacial score (nSPS) is 15.1. The number of halogens is 3. The summed E-state index contributed by atoms with van der Waals surface area (Å²) in [6.07, 6.45) is -4.35. The number of nitrogens with zero attached hydrogens (tertiary/aromatic N) is 3. The number of ether oxygens (including phenoxy) is 1. The number of hydrogen-bond donors (Lipinski definition) is 1. The highest BCUT2D eigenvalue weighted by Gasteiger charge is 2.30. The van der Waals surface area contributed by atoms with E-state index in [9.17, 15) is 18.0 Å². The second-order valence-electron chi connectivity index (χ2n) is 7.66. The van der Waals surface area contributed by atoms with E-state index in [0.29, 0.717) is 49.7 Å². The van der Waals surface area contributed by atoms with Gasteiger partial charge in [0.15, 0.2) is 0 Å². The molecule has 2 aromatic carbocycles. The van der Waals surface area contributed by atoms with Crippen LogP contribution in [0, 0.1) is 0 Å². The van der Waals surface area contributed by atoms with Crippen LogP contribution in [-0.2, 0) is 12.7 Å². The Bertz CT molecular complexity index is 1070. The number of nitrogens with one attached hydrogen (secondary N) is 1. The zero-order chi connectivity index (χ0) is 22.7. The first-order chi connectivity index (χ1) is 15.3. The van der Waals surface area contributed by atoms with Crippen LogP contribution in [0.2, 0.25) is 0 Å². The molecule has 0 radical (unpaired) electrons. The Labute approximate surface area is 183 Å². The molecule has 0 spiro atoms. The van der Waals surface area contributed by atoms with Gasteiger partial charge in [-0.1, -0.05) is 18.2 Å². The van der Waals surface area contributed by atoms with Gasteiger partial charge in [-0.05, 0) is 42.0 Å². The minimum Gasteiger partial charge on any atom is -0.497 e. The molecule has 1 fully saturated rings. The van der Waals surface area contributed by atoms with E-state index in [-0.39, 0.29) is 5.91 Å². The molecule has 1 aliphatic rings. The lowest BCUT2D eigenvalue weighted by Gasteiger charge is -2.34. The van der Waals surface area contributed by atoms with Crippen molar-refractivity contribution in [2.24, 2.45) is 0 Å². The number of carbonyl (C=O) groups excluding carboxylic acids is 1. The van der Waals surface area contributed by atoms with Crippen molar-refractivity contribution in [1.82, 2.24) is 20.0 Å². The van der Waals surface area contributed by atoms with E-state index in [1.54, 1.807) is 24.1 Å². The SMILES string of the molecule is COc1ccc(-c2cc(C(=O)N3CCN(Cc4cccc(C(F)(F)F)c4)CC3)[nH]n2)cc1. The smallest absolute Gasteiger partial charge is 0.416 e. The van der Waals surface area contributed by atoms with Crippen LogP contribution in [-0.4, -0.2) is 59.2 Å². The number of aromatic amines is 1. The fourth-order valence-corrected chi connectivity index (χ4v) is 3.72. The van der Waals surface area contributed by atoms with Crippen LogP contribution in [0.3, 0.4) is 0 Å². The van der Waals surface area contributed by atoms with E-state index < -0.39 is 11.7 Å². The number of benzene rings is 2. The summed E-state index contributed by atoms with van der Waals surface area (Å²) < 4.78 is 43.9. The largest absolute Gasteiger partial charge is 0.497 e. The minimum absolute atomic E-state index is 0.143. The van der Waals surface area contributed by atoms with E-state index >= 15 is 0 Å². The monoisotopic (exact) mass is 444 g/mol. The molecule has 2 heterocycles. The van der Waals surface area contributed by atoms with E-state index in [2.05, 4.69) is 15.1 Å². The molecule has 0 bridgehead atoms. The lowest BCUT2D eigenvalue weighted by molar-refractivity contribution is -0.137. The van der Waals surface area contributed by atoms with Crippen molar-refractivity contribution in [1.29, 1.82) is 0 Å². The van der Waals surface area contributed by atoms with Crippen LogP contribution in [0.4, 0.5) is 13.2 Å². The van der Waals surface area contributed by atoms with Gasteiger partial charge in [-0.2, -0.15) is 18.3 Å². The average molecular weight is 444 g/mol. The molecule has 0 aliphatic carbocycles. The van der Waals surface area contributed by atoms with Crippen molar-refractivity contribution in [2.75, 3.05) is 33.3 Å². The fraction of sp³-hybridized carbons (Fsp3) is 0.304. The third-order valence-corrected chi connectivity index (χ3v) is 5.51. The minimum atomic E-state index is -4.35. The highest BCUT2D eigenvalue weighted by atomic mass is 19.4. The molecule has 1 aromatic heterocycles. The summed E-state index contributed by atoms with van der Waals surface area (Å²) in [5.74, 6) is 0.597. The molecule has 168 valence electrons. The quantitative estimate of drug-likeness (QED) is 0.645. The molecule has 6 nitrogen and oxygen atoms in total. The number of carbonyl (C=O) groups is 1. The van der Waals surface area contributed by atoms with Crippen molar-refractivity contribution < 1.29 is 22.7 Å². The van der Waals surface area contributed by atoms with Crippen molar-refractivity contribution >= 4 is 5.91 Å². The van der Waals surface area contributed by atoms with Crippen LogP contribution in [0.25, 0.3) is 11.3 Å². The Morgan fingerprint density at radius 3 is 2.44 bits per heavy atom. The van der Waals surface area contributed by atoms with E-state index in [1.807, 2.05) is 24.3 Å². The van der Waals surface area contributed by atoms with Gasteiger partial charge < -0.3 is 9.64 Å². The summed E-state index contributed by atoms with van der Waals surface area (Å²) in [6, 6.07) is 14.5. The summed E-state index contributed by atoms with van der Waals surface area (Å²) >= 11 is 0. The van der Waals surface area contributed by atoms with E-state index in [0.717, 1.165) is 17.4 Å². The zero-order valence-electron chi connectivity index (χ0n) is 17.5. The van der Waals surface area contributed by atoms with E-state index in [4.69, 9.17) is 4.74 Å². The Morgan fingerprint density at radius 1 is 1.06 bits per heavy atom. The second kappa shape index (κ2) is 9.04. The number of piperazine rings is 1. The van der Waals surface area contributed by atoms with Gasteiger partial charge in [-0.25, -0.2) is 0 Å². The van der Waals surface area contributed by atoms with Crippen LogP contribution >= 0.6 is 0 Å². The highest BCUT2D eigenvalue weighted by Crippen LogP contribution is 2.30. The summed E-state index contributed by atoms with van der Waals surface area (Å²) in [5.41, 5.74) is 1.90.